The van der Waals surface area contributed by atoms with Crippen molar-refractivity contribution in [2.24, 2.45) is 0 Å². The number of hydrogen-bond acceptors (Lipinski definition) is 7. The molecule has 0 radical (unpaired) electrons. The van der Waals surface area contributed by atoms with Crippen LogP contribution in [0, 0.1) is 0 Å². The largest absolute Gasteiger partial charge is 0.493 e. The number of para-hydroxylation sites is 3. The lowest BCUT2D eigenvalue weighted by molar-refractivity contribution is -0.121. The number of nitrogens with zero attached hydrogens (tertiary/aromatic N) is 1. The van der Waals surface area contributed by atoms with E-state index in [1.165, 1.54) is 0 Å². The molecule has 1 heterocycles. The van der Waals surface area contributed by atoms with E-state index in [1.807, 2.05) is 55.5 Å². The van der Waals surface area contributed by atoms with E-state index in [0.29, 0.717) is 41.0 Å². The van der Waals surface area contributed by atoms with Crippen LogP contribution < -0.4 is 29.2 Å². The average molecular weight is 523 g/mol. The van der Waals surface area contributed by atoms with Crippen molar-refractivity contribution in [3.63, 3.8) is 0 Å². The third-order valence-corrected chi connectivity index (χ3v) is 7.23. The third-order valence-electron chi connectivity index (χ3n) is 5.91. The number of rotatable bonds is 9. The van der Waals surface area contributed by atoms with Gasteiger partial charge < -0.3 is 29.2 Å². The predicted octanol–water partition coefficient (Wildman–Crippen LogP) is 5.32. The highest BCUT2D eigenvalue weighted by atomic mass is 32.2. The highest BCUT2D eigenvalue weighted by molar-refractivity contribution is 7.99. The van der Waals surface area contributed by atoms with Gasteiger partial charge in [-0.2, -0.15) is 0 Å². The topological polar surface area (TPSA) is 86.3 Å². The summed E-state index contributed by atoms with van der Waals surface area (Å²) in [6, 6.07) is 18.6. The summed E-state index contributed by atoms with van der Waals surface area (Å²) < 4.78 is 22.1. The number of hydrogen-bond donors (Lipinski definition) is 1. The molecule has 0 saturated carbocycles. The number of amides is 2. The van der Waals surface area contributed by atoms with Crippen LogP contribution >= 0.6 is 11.8 Å². The second kappa shape index (κ2) is 11.9. The van der Waals surface area contributed by atoms with Crippen LogP contribution in [0.4, 0.5) is 11.4 Å². The van der Waals surface area contributed by atoms with Gasteiger partial charge in [0.25, 0.3) is 0 Å². The fourth-order valence-electron chi connectivity index (χ4n) is 4.21. The molecule has 0 aromatic heterocycles. The van der Waals surface area contributed by atoms with Crippen LogP contribution in [0.2, 0.25) is 0 Å². The number of anilines is 2. The number of benzene rings is 3. The third kappa shape index (κ3) is 5.77. The lowest BCUT2D eigenvalue weighted by Crippen LogP contribution is -2.38. The van der Waals surface area contributed by atoms with Crippen molar-refractivity contribution in [2.45, 2.75) is 23.5 Å². The molecule has 37 heavy (non-hydrogen) atoms. The molecule has 0 aliphatic carbocycles. The summed E-state index contributed by atoms with van der Waals surface area (Å²) >= 11 is 1.56. The molecule has 194 valence electrons. The number of ether oxygens (including phenoxy) is 4. The Kier molecular flexibility index (Phi) is 8.45. The van der Waals surface area contributed by atoms with Crippen molar-refractivity contribution in [2.75, 3.05) is 44.7 Å². The Morgan fingerprint density at radius 3 is 2.32 bits per heavy atom. The van der Waals surface area contributed by atoms with E-state index in [9.17, 15) is 9.59 Å². The standard InChI is InChI=1S/C28H30N2O6S/c1-5-36-21-12-8-6-10-19(21)29-26(31)17-30-20-11-7-9-13-24(20)37-25(16-27(30)32)18-14-22(33-2)28(35-4)23(15-18)34-3/h6-15,25H,5,16-17H2,1-4H3,(H,29,31). The molecule has 1 atom stereocenters. The molecule has 0 fully saturated rings. The zero-order chi connectivity index (χ0) is 26.4. The number of carbonyl (C=O) groups excluding carboxylic acids is 2. The summed E-state index contributed by atoms with van der Waals surface area (Å²) in [5.41, 5.74) is 2.12. The van der Waals surface area contributed by atoms with Crippen molar-refractivity contribution >= 4 is 35.0 Å². The summed E-state index contributed by atoms with van der Waals surface area (Å²) in [6.07, 6.45) is 0.181. The maximum absolute atomic E-state index is 13.6. The maximum atomic E-state index is 13.6. The number of fused-ring (bicyclic) bond motifs is 1. The van der Waals surface area contributed by atoms with E-state index >= 15 is 0 Å². The highest BCUT2D eigenvalue weighted by Gasteiger charge is 2.31. The molecule has 1 N–H and O–H groups in total. The van der Waals surface area contributed by atoms with Gasteiger partial charge in [-0.3, -0.25) is 9.59 Å². The second-order valence-electron chi connectivity index (χ2n) is 8.19. The van der Waals surface area contributed by atoms with Crippen molar-refractivity contribution in [1.82, 2.24) is 0 Å². The zero-order valence-corrected chi connectivity index (χ0v) is 22.1. The minimum atomic E-state index is -0.313. The Hall–Kier alpha value is -3.85. The molecule has 1 aliphatic rings. The van der Waals surface area contributed by atoms with Gasteiger partial charge in [0, 0.05) is 16.6 Å². The summed E-state index contributed by atoms with van der Waals surface area (Å²) in [6.45, 7) is 2.23. The highest BCUT2D eigenvalue weighted by Crippen LogP contribution is 2.49. The van der Waals surface area contributed by atoms with E-state index < -0.39 is 0 Å². The maximum Gasteiger partial charge on any atom is 0.244 e. The summed E-state index contributed by atoms with van der Waals surface area (Å²) in [7, 11) is 4.67. The lowest BCUT2D eigenvalue weighted by atomic mass is 10.1. The molecule has 1 unspecified atom stereocenters. The zero-order valence-electron chi connectivity index (χ0n) is 21.3. The fourth-order valence-corrected chi connectivity index (χ4v) is 5.47. The smallest absolute Gasteiger partial charge is 0.244 e. The van der Waals surface area contributed by atoms with Crippen LogP contribution in [-0.2, 0) is 9.59 Å². The van der Waals surface area contributed by atoms with E-state index in [4.69, 9.17) is 18.9 Å². The molecule has 0 spiro atoms. The van der Waals surface area contributed by atoms with Gasteiger partial charge in [-0.15, -0.1) is 11.8 Å². The molecule has 1 aliphatic heterocycles. The van der Waals surface area contributed by atoms with Gasteiger partial charge >= 0.3 is 0 Å². The van der Waals surface area contributed by atoms with E-state index in [2.05, 4.69) is 5.32 Å². The van der Waals surface area contributed by atoms with Crippen LogP contribution in [0.15, 0.2) is 65.6 Å². The summed E-state index contributed by atoms with van der Waals surface area (Å²) in [5.74, 6) is 1.64. The molecule has 4 rings (SSSR count). The SMILES string of the molecule is CCOc1ccccc1NC(=O)CN1C(=O)CC(c2cc(OC)c(OC)c(OC)c2)Sc2ccccc21. The van der Waals surface area contributed by atoms with Gasteiger partial charge in [-0.05, 0) is 48.9 Å². The summed E-state index contributed by atoms with van der Waals surface area (Å²) in [4.78, 5) is 29.1. The Morgan fingerprint density at radius 2 is 1.65 bits per heavy atom. The Morgan fingerprint density at radius 1 is 0.973 bits per heavy atom. The molecule has 9 heteroatoms. The molecule has 0 bridgehead atoms. The van der Waals surface area contributed by atoms with Crippen molar-refractivity contribution in [1.29, 1.82) is 0 Å². The van der Waals surface area contributed by atoms with Gasteiger partial charge in [0.15, 0.2) is 11.5 Å². The minimum absolute atomic E-state index is 0.126. The predicted molar refractivity (Wildman–Crippen MR) is 144 cm³/mol. The molecule has 0 saturated heterocycles. The van der Waals surface area contributed by atoms with Crippen LogP contribution in [0.25, 0.3) is 0 Å². The van der Waals surface area contributed by atoms with Crippen molar-refractivity contribution in [3.8, 4) is 23.0 Å². The van der Waals surface area contributed by atoms with Crippen molar-refractivity contribution in [3.05, 3.63) is 66.2 Å². The first-order chi connectivity index (χ1) is 18.0. The molecule has 3 aromatic rings. The van der Waals surface area contributed by atoms with Crippen LogP contribution in [0.5, 0.6) is 23.0 Å². The van der Waals surface area contributed by atoms with Crippen LogP contribution in [0.3, 0.4) is 0 Å². The number of methoxy groups -OCH3 is 3. The Bertz CT molecular complexity index is 1260. The second-order valence-corrected chi connectivity index (χ2v) is 9.44. The first kappa shape index (κ1) is 26.2. The molecular formula is C28H30N2O6S. The normalized spacial score (nSPS) is 14.9. The number of thioether (sulfide) groups is 1. The summed E-state index contributed by atoms with van der Waals surface area (Å²) in [5, 5.41) is 2.66. The number of nitrogens with one attached hydrogen (secondary N) is 1. The molecule has 3 aromatic carbocycles. The van der Waals surface area contributed by atoms with Crippen molar-refractivity contribution < 1.29 is 28.5 Å². The van der Waals surface area contributed by atoms with Gasteiger partial charge in [0.05, 0.1) is 39.3 Å². The number of carbonyl (C=O) groups is 2. The first-order valence-electron chi connectivity index (χ1n) is 11.9. The lowest BCUT2D eigenvalue weighted by Gasteiger charge is -2.22. The van der Waals surface area contributed by atoms with Crippen LogP contribution in [-0.4, -0.2) is 46.3 Å². The van der Waals surface area contributed by atoms with Gasteiger partial charge in [-0.25, -0.2) is 0 Å². The van der Waals surface area contributed by atoms with Crippen LogP contribution in [0.1, 0.15) is 24.2 Å². The fraction of sp³-hybridized carbons (Fsp3) is 0.286. The Labute approximate surface area is 220 Å². The van der Waals surface area contributed by atoms with Gasteiger partial charge in [0.1, 0.15) is 12.3 Å². The first-order valence-corrected chi connectivity index (χ1v) is 12.7. The minimum Gasteiger partial charge on any atom is -0.493 e. The van der Waals surface area contributed by atoms with Gasteiger partial charge in [0.2, 0.25) is 17.6 Å². The molecule has 2 amide bonds. The van der Waals surface area contributed by atoms with Gasteiger partial charge in [-0.1, -0.05) is 24.3 Å². The van der Waals surface area contributed by atoms with E-state index in [1.54, 1.807) is 50.1 Å². The quantitative estimate of drug-likeness (QED) is 0.407. The average Bonchev–Trinajstić information content (AvgIpc) is 3.05. The molecular weight excluding hydrogens is 492 g/mol. The monoisotopic (exact) mass is 522 g/mol. The molecule has 8 nitrogen and oxygen atoms in total. The van der Waals surface area contributed by atoms with E-state index in [0.717, 1.165) is 10.5 Å². The Balaban J connectivity index is 1.62. The van der Waals surface area contributed by atoms with E-state index in [-0.39, 0.29) is 30.0 Å².